The number of carbonyl (C=O) groups is 2. The van der Waals surface area contributed by atoms with Gasteiger partial charge in [0.15, 0.2) is 5.13 Å². The number of carboxylic acid groups (broad SMARTS) is 1. The van der Waals surface area contributed by atoms with Gasteiger partial charge in [-0.15, -0.1) is 0 Å². The highest BCUT2D eigenvalue weighted by molar-refractivity contribution is 7.19. The number of aromatic nitrogens is 1. The van der Waals surface area contributed by atoms with Crippen LogP contribution in [0.15, 0.2) is 30.3 Å². The molecule has 4 unspecified atom stereocenters. The number of hydrogen-bond donors (Lipinski definition) is 2. The summed E-state index contributed by atoms with van der Waals surface area (Å²) in [6.45, 7) is 1.92. The van der Waals surface area contributed by atoms with Gasteiger partial charge < -0.3 is 10.4 Å². The molecule has 2 aliphatic rings. The van der Waals surface area contributed by atoms with Crippen molar-refractivity contribution in [2.75, 3.05) is 5.32 Å². The molecule has 25 heavy (non-hydrogen) atoms. The van der Waals surface area contributed by atoms with Crippen molar-refractivity contribution < 1.29 is 14.7 Å². The first-order chi connectivity index (χ1) is 12.0. The lowest BCUT2D eigenvalue weighted by Crippen LogP contribution is -2.37. The third kappa shape index (κ3) is 2.84. The Labute approximate surface area is 150 Å². The number of nitrogens with zero attached hydrogens (tertiary/aromatic N) is 1. The summed E-state index contributed by atoms with van der Waals surface area (Å²) >= 11 is 1.44. The molecule has 1 aromatic heterocycles. The first-order valence-electron chi connectivity index (χ1n) is 8.61. The number of fused-ring (bicyclic) bond motifs is 2. The molecule has 4 rings (SSSR count). The van der Waals surface area contributed by atoms with Crippen molar-refractivity contribution in [2.45, 2.75) is 26.2 Å². The summed E-state index contributed by atoms with van der Waals surface area (Å²) in [5, 5.41) is 13.0. The summed E-state index contributed by atoms with van der Waals surface area (Å²) in [6, 6.07) is 9.94. The number of carbonyl (C=O) groups excluding carboxylic acids is 1. The summed E-state index contributed by atoms with van der Waals surface area (Å²) in [5.74, 6) is -1.66. The molecule has 4 atom stereocenters. The van der Waals surface area contributed by atoms with Gasteiger partial charge in [0, 0.05) is 0 Å². The van der Waals surface area contributed by atoms with E-state index in [9.17, 15) is 14.7 Å². The van der Waals surface area contributed by atoms with E-state index in [2.05, 4.69) is 10.3 Å². The Bertz CT molecular complexity index is 817. The summed E-state index contributed by atoms with van der Waals surface area (Å²) in [7, 11) is 0. The number of rotatable bonds is 4. The van der Waals surface area contributed by atoms with Crippen LogP contribution in [0.5, 0.6) is 0 Å². The van der Waals surface area contributed by atoms with Gasteiger partial charge in [0.05, 0.1) is 22.4 Å². The summed E-state index contributed by atoms with van der Waals surface area (Å²) in [6.07, 6.45) is 2.75. The van der Waals surface area contributed by atoms with Crippen LogP contribution in [0.3, 0.4) is 0 Å². The van der Waals surface area contributed by atoms with Crippen molar-refractivity contribution in [1.82, 2.24) is 4.98 Å². The molecule has 0 saturated heterocycles. The molecule has 1 heterocycles. The molecular formula is C19H20N2O3S. The zero-order valence-electron chi connectivity index (χ0n) is 13.9. The van der Waals surface area contributed by atoms with Crippen LogP contribution in [0, 0.1) is 30.6 Å². The van der Waals surface area contributed by atoms with Gasteiger partial charge in [-0.3, -0.25) is 9.59 Å². The fourth-order valence-corrected chi connectivity index (χ4v) is 5.49. The van der Waals surface area contributed by atoms with Crippen molar-refractivity contribution in [3.8, 4) is 10.4 Å². The maximum Gasteiger partial charge on any atom is 0.307 e. The zero-order chi connectivity index (χ0) is 17.6. The minimum absolute atomic E-state index is 0.149. The lowest BCUT2D eigenvalue weighted by molar-refractivity contribution is -0.148. The maximum absolute atomic E-state index is 12.8. The number of aliphatic carboxylic acids is 1. The second kappa shape index (κ2) is 6.26. The second-order valence-electron chi connectivity index (χ2n) is 7.01. The van der Waals surface area contributed by atoms with E-state index >= 15 is 0 Å². The SMILES string of the molecule is Cc1nc(NC(=O)C2C3CCC(C3)C2C(=O)O)sc1-c1ccccc1. The Morgan fingerprint density at radius 3 is 2.52 bits per heavy atom. The van der Waals surface area contributed by atoms with E-state index in [1.165, 1.54) is 11.3 Å². The van der Waals surface area contributed by atoms with Crippen LogP contribution in [-0.4, -0.2) is 22.0 Å². The maximum atomic E-state index is 12.8. The molecule has 2 aliphatic carbocycles. The fourth-order valence-electron chi connectivity index (χ4n) is 4.52. The number of aryl methyl sites for hydroxylation is 1. The number of thiazole rings is 1. The van der Waals surface area contributed by atoms with E-state index < -0.39 is 17.8 Å². The zero-order valence-corrected chi connectivity index (χ0v) is 14.8. The number of amides is 1. The Morgan fingerprint density at radius 2 is 1.84 bits per heavy atom. The Hall–Kier alpha value is -2.21. The van der Waals surface area contributed by atoms with Crippen molar-refractivity contribution in [3.63, 3.8) is 0 Å². The number of anilines is 1. The molecule has 0 aliphatic heterocycles. The summed E-state index contributed by atoms with van der Waals surface area (Å²) in [4.78, 5) is 29.9. The molecule has 0 spiro atoms. The van der Waals surface area contributed by atoms with E-state index in [0.717, 1.165) is 35.4 Å². The van der Waals surface area contributed by atoms with Gasteiger partial charge in [0.2, 0.25) is 5.91 Å². The molecule has 130 valence electrons. The smallest absolute Gasteiger partial charge is 0.307 e. The molecule has 1 aromatic carbocycles. The number of nitrogens with one attached hydrogen (secondary N) is 1. The minimum Gasteiger partial charge on any atom is -0.481 e. The van der Waals surface area contributed by atoms with Gasteiger partial charge in [0.1, 0.15) is 0 Å². The van der Waals surface area contributed by atoms with E-state index in [1.54, 1.807) is 0 Å². The van der Waals surface area contributed by atoms with Crippen LogP contribution < -0.4 is 5.32 Å². The van der Waals surface area contributed by atoms with Crippen molar-refractivity contribution in [1.29, 1.82) is 0 Å². The van der Waals surface area contributed by atoms with Crippen LogP contribution in [0.2, 0.25) is 0 Å². The van der Waals surface area contributed by atoms with Gasteiger partial charge in [0.25, 0.3) is 0 Å². The van der Waals surface area contributed by atoms with E-state index in [0.29, 0.717) is 5.13 Å². The topological polar surface area (TPSA) is 79.3 Å². The molecule has 0 radical (unpaired) electrons. The van der Waals surface area contributed by atoms with Crippen LogP contribution in [0.25, 0.3) is 10.4 Å². The van der Waals surface area contributed by atoms with E-state index in [4.69, 9.17) is 0 Å². The monoisotopic (exact) mass is 356 g/mol. The fraction of sp³-hybridized carbons (Fsp3) is 0.421. The molecule has 2 aromatic rings. The Morgan fingerprint density at radius 1 is 1.16 bits per heavy atom. The van der Waals surface area contributed by atoms with Crippen LogP contribution >= 0.6 is 11.3 Å². The second-order valence-corrected chi connectivity index (χ2v) is 8.01. The standard InChI is InChI=1S/C19H20N2O3S/c1-10-16(11-5-3-2-4-6-11)25-19(20-10)21-17(22)14-12-7-8-13(9-12)15(14)18(23)24/h2-6,12-15H,7-9H2,1H3,(H,23,24)(H,20,21,22). The third-order valence-corrected chi connectivity index (χ3v) is 6.69. The summed E-state index contributed by atoms with van der Waals surface area (Å²) < 4.78 is 0. The largest absolute Gasteiger partial charge is 0.481 e. The van der Waals surface area contributed by atoms with Gasteiger partial charge in [-0.2, -0.15) is 0 Å². The molecule has 2 N–H and O–H groups in total. The Kier molecular flexibility index (Phi) is 4.07. The predicted octanol–water partition coefficient (Wildman–Crippen LogP) is 3.80. The van der Waals surface area contributed by atoms with E-state index in [1.807, 2.05) is 37.3 Å². The first-order valence-corrected chi connectivity index (χ1v) is 9.42. The third-order valence-electron chi connectivity index (χ3n) is 5.57. The summed E-state index contributed by atoms with van der Waals surface area (Å²) in [5.41, 5.74) is 1.94. The predicted molar refractivity (Wildman–Crippen MR) is 96.4 cm³/mol. The molecule has 6 heteroatoms. The average Bonchev–Trinajstić information content (AvgIpc) is 3.29. The normalized spacial score (nSPS) is 27.4. The van der Waals surface area contributed by atoms with E-state index in [-0.39, 0.29) is 17.7 Å². The highest BCUT2D eigenvalue weighted by Gasteiger charge is 2.54. The van der Waals surface area contributed by atoms with Crippen LogP contribution in [0.4, 0.5) is 5.13 Å². The number of benzene rings is 1. The lowest BCUT2D eigenvalue weighted by Gasteiger charge is -2.26. The van der Waals surface area contributed by atoms with Crippen molar-refractivity contribution >= 4 is 28.3 Å². The highest BCUT2D eigenvalue weighted by Crippen LogP contribution is 2.52. The number of carboxylic acids is 1. The quantitative estimate of drug-likeness (QED) is 0.873. The lowest BCUT2D eigenvalue weighted by atomic mass is 9.79. The Balaban J connectivity index is 1.55. The molecule has 2 bridgehead atoms. The minimum atomic E-state index is -0.840. The van der Waals surface area contributed by atoms with Gasteiger partial charge in [-0.05, 0) is 43.6 Å². The molecule has 2 fully saturated rings. The number of hydrogen-bond acceptors (Lipinski definition) is 4. The van der Waals surface area contributed by atoms with Crippen molar-refractivity contribution in [2.24, 2.45) is 23.7 Å². The van der Waals surface area contributed by atoms with Gasteiger partial charge in [-0.25, -0.2) is 4.98 Å². The van der Waals surface area contributed by atoms with Crippen LogP contribution in [-0.2, 0) is 9.59 Å². The van der Waals surface area contributed by atoms with Gasteiger partial charge >= 0.3 is 5.97 Å². The molecular weight excluding hydrogens is 336 g/mol. The molecule has 5 nitrogen and oxygen atoms in total. The van der Waals surface area contributed by atoms with Gasteiger partial charge in [-0.1, -0.05) is 41.7 Å². The molecule has 1 amide bonds. The average molecular weight is 356 g/mol. The van der Waals surface area contributed by atoms with Crippen molar-refractivity contribution in [3.05, 3.63) is 36.0 Å². The molecule has 2 saturated carbocycles. The highest BCUT2D eigenvalue weighted by atomic mass is 32.1. The first kappa shape index (κ1) is 16.3. The van der Waals surface area contributed by atoms with Crippen LogP contribution in [0.1, 0.15) is 25.0 Å².